The van der Waals surface area contributed by atoms with Crippen LogP contribution in [0.25, 0.3) is 11.4 Å². The Balaban J connectivity index is 2.01. The first-order valence-electron chi connectivity index (χ1n) is 6.50. The zero-order chi connectivity index (χ0) is 15.0. The predicted octanol–water partition coefficient (Wildman–Crippen LogP) is 3.18. The monoisotopic (exact) mass is 370 g/mol. The molecule has 1 aromatic carbocycles. The van der Waals surface area contributed by atoms with Crippen molar-refractivity contribution in [1.29, 1.82) is 0 Å². The molecule has 1 saturated carbocycles. The van der Waals surface area contributed by atoms with Gasteiger partial charge in [-0.05, 0) is 47.4 Å². The molecular weight excluding hydrogens is 360 g/mol. The number of carboxylic acid groups (broad SMARTS) is 1. The van der Waals surface area contributed by atoms with Crippen molar-refractivity contribution >= 4 is 33.5 Å². The molecule has 1 fully saturated rings. The van der Waals surface area contributed by atoms with E-state index >= 15 is 0 Å². The molecule has 3 rings (SSSR count). The molecule has 0 saturated heterocycles. The fourth-order valence-corrected chi connectivity index (χ4v) is 3.26. The maximum atomic E-state index is 11.1. The highest BCUT2D eigenvalue weighted by Crippen LogP contribution is 2.42. The van der Waals surface area contributed by atoms with Crippen LogP contribution in [0.3, 0.4) is 0 Å². The minimum Gasteiger partial charge on any atom is -0.481 e. The Hall–Kier alpha value is -1.47. The zero-order valence-corrected chi connectivity index (χ0v) is 13.3. The summed E-state index contributed by atoms with van der Waals surface area (Å²) in [4.78, 5) is 11.1. The molecule has 1 atom stereocenters. The highest BCUT2D eigenvalue weighted by Gasteiger charge is 2.36. The lowest BCUT2D eigenvalue weighted by Crippen LogP contribution is -2.18. The number of aromatic nitrogens is 4. The van der Waals surface area contributed by atoms with E-state index < -0.39 is 5.97 Å². The molecule has 0 aliphatic heterocycles. The van der Waals surface area contributed by atoms with Crippen molar-refractivity contribution in [2.75, 3.05) is 0 Å². The fourth-order valence-electron chi connectivity index (χ4n) is 2.40. The topological polar surface area (TPSA) is 80.9 Å². The molecule has 0 amide bonds. The number of hydrogen-bond donors (Lipinski definition) is 1. The summed E-state index contributed by atoms with van der Waals surface area (Å²) < 4.78 is 2.44. The van der Waals surface area contributed by atoms with Crippen LogP contribution in [0, 0.1) is 5.92 Å². The van der Waals surface area contributed by atoms with E-state index in [9.17, 15) is 4.79 Å². The van der Waals surface area contributed by atoms with Crippen LogP contribution in [-0.4, -0.2) is 31.3 Å². The second-order valence-electron chi connectivity index (χ2n) is 5.11. The summed E-state index contributed by atoms with van der Waals surface area (Å²) in [5.41, 5.74) is 0.760. The van der Waals surface area contributed by atoms with E-state index in [0.717, 1.165) is 22.9 Å². The molecule has 6 nitrogen and oxygen atoms in total. The standard InChI is InChI=1S/C13H12BrClN4O2/c14-9-3-8(4-10(15)5-9)13-16-17-18-19(13)11(6-12(20)21)7-1-2-7/h3-5,7,11H,1-2,6H2,(H,20,21). The second-order valence-corrected chi connectivity index (χ2v) is 6.46. The molecule has 2 aromatic rings. The van der Waals surface area contributed by atoms with Gasteiger partial charge in [-0.25, -0.2) is 4.68 Å². The summed E-state index contributed by atoms with van der Waals surface area (Å²) in [5, 5.41) is 21.4. The van der Waals surface area contributed by atoms with Crippen molar-refractivity contribution in [2.24, 2.45) is 5.92 Å². The molecular formula is C13H12BrClN4O2. The average Bonchev–Trinajstić information content (AvgIpc) is 3.11. The Morgan fingerprint density at radius 3 is 2.86 bits per heavy atom. The lowest BCUT2D eigenvalue weighted by atomic mass is 10.1. The average molecular weight is 372 g/mol. The van der Waals surface area contributed by atoms with Crippen molar-refractivity contribution in [3.63, 3.8) is 0 Å². The van der Waals surface area contributed by atoms with Gasteiger partial charge in [0.15, 0.2) is 5.82 Å². The SMILES string of the molecule is O=C(O)CC(C1CC1)n1nnnc1-c1cc(Cl)cc(Br)c1. The number of benzene rings is 1. The number of halogens is 2. The van der Waals surface area contributed by atoms with Gasteiger partial charge in [0.25, 0.3) is 0 Å². The number of hydrogen-bond acceptors (Lipinski definition) is 4. The third-order valence-corrected chi connectivity index (χ3v) is 4.15. The first kappa shape index (κ1) is 14.5. The number of nitrogens with zero attached hydrogens (tertiary/aromatic N) is 4. The van der Waals surface area contributed by atoms with Gasteiger partial charge in [0.05, 0.1) is 12.5 Å². The number of tetrazole rings is 1. The van der Waals surface area contributed by atoms with Gasteiger partial charge < -0.3 is 5.11 Å². The Kier molecular flexibility index (Phi) is 3.95. The third kappa shape index (κ3) is 3.24. The maximum absolute atomic E-state index is 11.1. The highest BCUT2D eigenvalue weighted by molar-refractivity contribution is 9.10. The molecule has 21 heavy (non-hydrogen) atoms. The smallest absolute Gasteiger partial charge is 0.305 e. The van der Waals surface area contributed by atoms with Crippen molar-refractivity contribution < 1.29 is 9.90 Å². The van der Waals surface area contributed by atoms with Gasteiger partial charge in [0.2, 0.25) is 0 Å². The lowest BCUT2D eigenvalue weighted by molar-refractivity contribution is -0.138. The van der Waals surface area contributed by atoms with Crippen LogP contribution in [-0.2, 0) is 4.79 Å². The fraction of sp³-hybridized carbons (Fsp3) is 0.385. The van der Waals surface area contributed by atoms with Crippen LogP contribution >= 0.6 is 27.5 Å². The minimum absolute atomic E-state index is 0.0183. The molecule has 0 bridgehead atoms. The van der Waals surface area contributed by atoms with Gasteiger partial charge >= 0.3 is 5.97 Å². The van der Waals surface area contributed by atoms with Gasteiger partial charge in [-0.2, -0.15) is 0 Å². The number of carbonyl (C=O) groups is 1. The Bertz CT molecular complexity index is 666. The molecule has 0 radical (unpaired) electrons. The Morgan fingerprint density at radius 2 is 2.24 bits per heavy atom. The normalized spacial score (nSPS) is 15.9. The van der Waals surface area contributed by atoms with E-state index in [-0.39, 0.29) is 12.5 Å². The zero-order valence-electron chi connectivity index (χ0n) is 10.9. The molecule has 110 valence electrons. The number of aliphatic carboxylic acids is 1. The molecule has 1 N–H and O–H groups in total. The molecule has 1 aliphatic carbocycles. The molecule has 0 spiro atoms. The lowest BCUT2D eigenvalue weighted by Gasteiger charge is -2.15. The summed E-state index contributed by atoms with van der Waals surface area (Å²) in [6.07, 6.45) is 2.04. The van der Waals surface area contributed by atoms with Crippen molar-refractivity contribution in [1.82, 2.24) is 20.2 Å². The highest BCUT2D eigenvalue weighted by atomic mass is 79.9. The van der Waals surface area contributed by atoms with E-state index in [1.165, 1.54) is 0 Å². The van der Waals surface area contributed by atoms with Crippen LogP contribution in [0.2, 0.25) is 5.02 Å². The first-order chi connectivity index (χ1) is 10.0. The largest absolute Gasteiger partial charge is 0.481 e. The van der Waals surface area contributed by atoms with Crippen LogP contribution in [0.15, 0.2) is 22.7 Å². The second kappa shape index (κ2) is 5.73. The quantitative estimate of drug-likeness (QED) is 0.873. The van der Waals surface area contributed by atoms with Gasteiger partial charge in [-0.15, -0.1) is 5.10 Å². The van der Waals surface area contributed by atoms with E-state index in [2.05, 4.69) is 31.5 Å². The van der Waals surface area contributed by atoms with Gasteiger partial charge in [0, 0.05) is 15.1 Å². The first-order valence-corrected chi connectivity index (χ1v) is 7.68. The third-order valence-electron chi connectivity index (χ3n) is 3.48. The van der Waals surface area contributed by atoms with Crippen molar-refractivity contribution in [3.8, 4) is 11.4 Å². The molecule has 1 aromatic heterocycles. The van der Waals surface area contributed by atoms with Crippen LogP contribution < -0.4 is 0 Å². The Labute approximate surface area is 134 Å². The van der Waals surface area contributed by atoms with E-state index in [4.69, 9.17) is 16.7 Å². The van der Waals surface area contributed by atoms with E-state index in [1.54, 1.807) is 16.8 Å². The van der Waals surface area contributed by atoms with E-state index in [1.807, 2.05) is 6.07 Å². The number of rotatable bonds is 5. The number of carboxylic acids is 1. The summed E-state index contributed by atoms with van der Waals surface area (Å²) in [7, 11) is 0. The van der Waals surface area contributed by atoms with Crippen LogP contribution in [0.1, 0.15) is 25.3 Å². The minimum atomic E-state index is -0.847. The Morgan fingerprint density at radius 1 is 1.48 bits per heavy atom. The summed E-state index contributed by atoms with van der Waals surface area (Å²) in [6.45, 7) is 0. The molecule has 1 heterocycles. The molecule has 1 unspecified atom stereocenters. The maximum Gasteiger partial charge on any atom is 0.305 e. The summed E-state index contributed by atoms with van der Waals surface area (Å²) >= 11 is 9.44. The van der Waals surface area contributed by atoms with Crippen LogP contribution in [0.5, 0.6) is 0 Å². The van der Waals surface area contributed by atoms with Crippen LogP contribution in [0.4, 0.5) is 0 Å². The predicted molar refractivity (Wildman–Crippen MR) is 80.0 cm³/mol. The van der Waals surface area contributed by atoms with Gasteiger partial charge in [-0.3, -0.25) is 4.79 Å². The van der Waals surface area contributed by atoms with Gasteiger partial charge in [-0.1, -0.05) is 27.5 Å². The molecule has 8 heteroatoms. The summed E-state index contributed by atoms with van der Waals surface area (Å²) in [5.74, 6) is 0.0166. The molecule has 1 aliphatic rings. The van der Waals surface area contributed by atoms with Gasteiger partial charge in [0.1, 0.15) is 0 Å². The van der Waals surface area contributed by atoms with Crippen molar-refractivity contribution in [3.05, 3.63) is 27.7 Å². The van der Waals surface area contributed by atoms with E-state index in [0.29, 0.717) is 16.8 Å². The summed E-state index contributed by atoms with van der Waals surface area (Å²) in [6, 6.07) is 5.18. The van der Waals surface area contributed by atoms with Crippen molar-refractivity contribution in [2.45, 2.75) is 25.3 Å².